The predicted octanol–water partition coefficient (Wildman–Crippen LogP) is 4.27. The van der Waals surface area contributed by atoms with Gasteiger partial charge in [-0.3, -0.25) is 14.5 Å². The van der Waals surface area contributed by atoms with Crippen molar-refractivity contribution in [1.29, 1.82) is 0 Å². The van der Waals surface area contributed by atoms with E-state index in [4.69, 9.17) is 9.47 Å². The van der Waals surface area contributed by atoms with Crippen molar-refractivity contribution in [3.05, 3.63) is 78.4 Å². The summed E-state index contributed by atoms with van der Waals surface area (Å²) in [6.07, 6.45) is 0. The molecule has 0 bridgehead atoms. The van der Waals surface area contributed by atoms with Crippen molar-refractivity contribution in [1.82, 2.24) is 4.90 Å². The van der Waals surface area contributed by atoms with E-state index in [2.05, 4.69) is 15.5 Å². The lowest BCUT2D eigenvalue weighted by molar-refractivity contribution is -0.122. The van der Waals surface area contributed by atoms with Gasteiger partial charge in [0.1, 0.15) is 5.75 Å². The number of carbonyl (C=O) groups is 2. The number of morpholine rings is 1. The Morgan fingerprint density at radius 3 is 2.24 bits per heavy atom. The Bertz CT molecular complexity index is 1130. The second-order valence-electron chi connectivity index (χ2n) is 8.12. The van der Waals surface area contributed by atoms with Crippen molar-refractivity contribution in [2.45, 2.75) is 13.0 Å². The first kappa shape index (κ1) is 23.5. The van der Waals surface area contributed by atoms with E-state index in [1.165, 1.54) is 0 Å². The summed E-state index contributed by atoms with van der Waals surface area (Å²) in [4.78, 5) is 28.0. The quantitative estimate of drug-likeness (QED) is 0.552. The van der Waals surface area contributed by atoms with Crippen molar-refractivity contribution in [2.24, 2.45) is 0 Å². The number of ether oxygens (including phenoxy) is 2. The van der Waals surface area contributed by atoms with Gasteiger partial charge < -0.3 is 20.1 Å². The number of anilines is 2. The molecule has 1 atom stereocenters. The number of carbonyl (C=O) groups excluding carboxylic acids is 2. The monoisotopic (exact) mass is 459 g/mol. The number of rotatable bonds is 7. The van der Waals surface area contributed by atoms with Gasteiger partial charge in [0.05, 0.1) is 37.7 Å². The predicted molar refractivity (Wildman–Crippen MR) is 133 cm³/mol. The maximum Gasteiger partial charge on any atom is 0.255 e. The maximum absolute atomic E-state index is 13.0. The molecule has 0 saturated carbocycles. The van der Waals surface area contributed by atoms with Crippen LogP contribution in [0, 0.1) is 0 Å². The Hall–Kier alpha value is -3.68. The van der Waals surface area contributed by atoms with Crippen LogP contribution in [0.25, 0.3) is 11.1 Å². The third-order valence-electron chi connectivity index (χ3n) is 5.96. The summed E-state index contributed by atoms with van der Waals surface area (Å²) in [5, 5.41) is 5.87. The molecule has 3 aromatic carbocycles. The van der Waals surface area contributed by atoms with Crippen molar-refractivity contribution in [2.75, 3.05) is 44.0 Å². The Morgan fingerprint density at radius 1 is 0.882 bits per heavy atom. The minimum atomic E-state index is -0.329. The highest BCUT2D eigenvalue weighted by atomic mass is 16.5. The number of hydrogen-bond acceptors (Lipinski definition) is 5. The zero-order chi connectivity index (χ0) is 23.9. The number of nitrogens with zero attached hydrogens (tertiary/aromatic N) is 1. The fourth-order valence-corrected chi connectivity index (χ4v) is 3.87. The van der Waals surface area contributed by atoms with E-state index >= 15 is 0 Å². The van der Waals surface area contributed by atoms with Crippen molar-refractivity contribution >= 4 is 23.2 Å². The summed E-state index contributed by atoms with van der Waals surface area (Å²) < 4.78 is 10.7. The number of nitrogens with one attached hydrogen (secondary N) is 2. The molecule has 0 radical (unpaired) electrons. The van der Waals surface area contributed by atoms with Crippen LogP contribution in [0.2, 0.25) is 0 Å². The van der Waals surface area contributed by atoms with E-state index in [9.17, 15) is 9.59 Å². The van der Waals surface area contributed by atoms with Gasteiger partial charge >= 0.3 is 0 Å². The van der Waals surface area contributed by atoms with Gasteiger partial charge in [0.25, 0.3) is 5.91 Å². The zero-order valence-corrected chi connectivity index (χ0v) is 19.4. The highest BCUT2D eigenvalue weighted by molar-refractivity contribution is 6.08. The van der Waals surface area contributed by atoms with Crippen LogP contribution in [0.4, 0.5) is 11.4 Å². The third kappa shape index (κ3) is 5.62. The molecule has 3 aromatic rings. The van der Waals surface area contributed by atoms with Crippen LogP contribution in [-0.2, 0) is 9.53 Å². The molecule has 0 spiro atoms. The van der Waals surface area contributed by atoms with E-state index in [0.717, 1.165) is 11.1 Å². The fraction of sp³-hybridized carbons (Fsp3) is 0.259. The first-order valence-electron chi connectivity index (χ1n) is 11.3. The lowest BCUT2D eigenvalue weighted by atomic mass is 10.0. The molecule has 4 rings (SSSR count). The SMILES string of the molecule is COc1ccc(NC(=O)c2ccc(-c3ccccc3)cc2)c(NC(=O)[C@@H](C)N2CCOCC2)c1. The molecule has 2 N–H and O–H groups in total. The van der Waals surface area contributed by atoms with E-state index in [1.807, 2.05) is 49.4 Å². The average Bonchev–Trinajstić information content (AvgIpc) is 2.90. The van der Waals surface area contributed by atoms with Gasteiger partial charge in [-0.2, -0.15) is 0 Å². The molecule has 176 valence electrons. The number of amides is 2. The minimum Gasteiger partial charge on any atom is -0.497 e. The fourth-order valence-electron chi connectivity index (χ4n) is 3.87. The van der Waals surface area contributed by atoms with Gasteiger partial charge in [0.2, 0.25) is 5.91 Å². The molecule has 34 heavy (non-hydrogen) atoms. The van der Waals surface area contributed by atoms with E-state index < -0.39 is 0 Å². The second kappa shape index (κ2) is 11.0. The molecule has 1 heterocycles. The summed E-state index contributed by atoms with van der Waals surface area (Å²) in [6, 6.07) is 22.3. The Balaban J connectivity index is 1.49. The molecule has 2 amide bonds. The van der Waals surface area contributed by atoms with E-state index in [0.29, 0.717) is 49.0 Å². The minimum absolute atomic E-state index is 0.155. The first-order valence-corrected chi connectivity index (χ1v) is 11.3. The molecular formula is C27H29N3O4. The van der Waals surface area contributed by atoms with Crippen molar-refractivity contribution in [3.63, 3.8) is 0 Å². The molecule has 1 aliphatic heterocycles. The lowest BCUT2D eigenvalue weighted by Gasteiger charge is -2.31. The Labute approximate surface area is 199 Å². The summed E-state index contributed by atoms with van der Waals surface area (Å²) >= 11 is 0. The summed E-state index contributed by atoms with van der Waals surface area (Å²) in [5.41, 5.74) is 3.63. The van der Waals surface area contributed by atoms with Crippen LogP contribution < -0.4 is 15.4 Å². The number of benzene rings is 3. The van der Waals surface area contributed by atoms with Crippen LogP contribution in [0.1, 0.15) is 17.3 Å². The molecule has 1 saturated heterocycles. The summed E-state index contributed by atoms with van der Waals surface area (Å²) in [5.74, 6) is 0.166. The zero-order valence-electron chi connectivity index (χ0n) is 19.4. The largest absolute Gasteiger partial charge is 0.497 e. The Morgan fingerprint density at radius 2 is 1.56 bits per heavy atom. The molecule has 1 aliphatic rings. The normalized spacial score (nSPS) is 14.8. The highest BCUT2D eigenvalue weighted by Gasteiger charge is 2.24. The van der Waals surface area contributed by atoms with Crippen LogP contribution in [0.3, 0.4) is 0 Å². The number of methoxy groups -OCH3 is 1. The van der Waals surface area contributed by atoms with Crippen molar-refractivity contribution in [3.8, 4) is 16.9 Å². The van der Waals surface area contributed by atoms with Gasteiger partial charge in [-0.15, -0.1) is 0 Å². The van der Waals surface area contributed by atoms with Gasteiger partial charge in [-0.1, -0.05) is 42.5 Å². The number of hydrogen-bond donors (Lipinski definition) is 2. The van der Waals surface area contributed by atoms with Crippen LogP contribution in [0.5, 0.6) is 5.75 Å². The molecule has 7 nitrogen and oxygen atoms in total. The van der Waals surface area contributed by atoms with Crippen LogP contribution in [-0.4, -0.2) is 56.2 Å². The van der Waals surface area contributed by atoms with Gasteiger partial charge in [-0.05, 0) is 42.3 Å². The topological polar surface area (TPSA) is 79.9 Å². The van der Waals surface area contributed by atoms with Gasteiger partial charge in [0, 0.05) is 24.7 Å². The highest BCUT2D eigenvalue weighted by Crippen LogP contribution is 2.28. The standard InChI is InChI=1S/C27H29N3O4/c1-19(30-14-16-34-17-15-30)26(31)29-25-18-23(33-2)12-13-24(25)28-27(32)22-10-8-21(9-11-22)20-6-4-3-5-7-20/h3-13,18-19H,14-17H2,1-2H3,(H,28,32)(H,29,31)/t19-/m1/s1. The van der Waals surface area contributed by atoms with E-state index in [-0.39, 0.29) is 17.9 Å². The second-order valence-corrected chi connectivity index (χ2v) is 8.12. The molecule has 1 fully saturated rings. The molecule has 0 aliphatic carbocycles. The molecule has 0 unspecified atom stereocenters. The molecular weight excluding hydrogens is 430 g/mol. The molecule has 0 aromatic heterocycles. The summed E-state index contributed by atoms with van der Waals surface area (Å²) in [6.45, 7) is 4.50. The van der Waals surface area contributed by atoms with Crippen LogP contribution >= 0.6 is 0 Å². The average molecular weight is 460 g/mol. The maximum atomic E-state index is 13.0. The smallest absolute Gasteiger partial charge is 0.255 e. The van der Waals surface area contributed by atoms with Crippen molar-refractivity contribution < 1.29 is 19.1 Å². The lowest BCUT2D eigenvalue weighted by Crippen LogP contribution is -2.47. The van der Waals surface area contributed by atoms with Gasteiger partial charge in [0.15, 0.2) is 0 Å². The van der Waals surface area contributed by atoms with E-state index in [1.54, 1.807) is 37.4 Å². The first-order chi connectivity index (χ1) is 16.5. The Kier molecular flexibility index (Phi) is 7.57. The molecule has 7 heteroatoms. The summed E-state index contributed by atoms with van der Waals surface area (Å²) in [7, 11) is 1.56. The van der Waals surface area contributed by atoms with Crippen LogP contribution in [0.15, 0.2) is 72.8 Å². The van der Waals surface area contributed by atoms with Gasteiger partial charge in [-0.25, -0.2) is 0 Å². The third-order valence-corrected chi connectivity index (χ3v) is 5.96.